The maximum atomic E-state index is 13.3. The third-order valence-corrected chi connectivity index (χ3v) is 4.41. The van der Waals surface area contributed by atoms with Gasteiger partial charge >= 0.3 is 0 Å². The number of halogens is 2. The van der Waals surface area contributed by atoms with Gasteiger partial charge in [0, 0.05) is 17.1 Å². The van der Waals surface area contributed by atoms with Gasteiger partial charge in [-0.05, 0) is 37.3 Å². The van der Waals surface area contributed by atoms with Gasteiger partial charge in [0.15, 0.2) is 11.6 Å². The first-order valence-electron chi connectivity index (χ1n) is 7.38. The molecule has 0 fully saturated rings. The van der Waals surface area contributed by atoms with Crippen molar-refractivity contribution in [1.29, 1.82) is 5.26 Å². The third-order valence-electron chi connectivity index (χ3n) is 3.33. The van der Waals surface area contributed by atoms with E-state index in [-0.39, 0.29) is 18.9 Å². The smallest absolute Gasteiger partial charge is 0.240 e. The summed E-state index contributed by atoms with van der Waals surface area (Å²) in [6, 6.07) is 14.7. The Balaban J connectivity index is 2.15. The van der Waals surface area contributed by atoms with Crippen LogP contribution in [0.2, 0.25) is 0 Å². The van der Waals surface area contributed by atoms with Crippen LogP contribution in [0.25, 0.3) is 0 Å². The Labute approximate surface area is 143 Å². The van der Waals surface area contributed by atoms with Crippen molar-refractivity contribution in [1.82, 2.24) is 0 Å². The van der Waals surface area contributed by atoms with E-state index >= 15 is 0 Å². The van der Waals surface area contributed by atoms with Crippen molar-refractivity contribution in [2.75, 3.05) is 11.4 Å². The highest BCUT2D eigenvalue weighted by Gasteiger charge is 2.23. The molecular weight excluding hydrogens is 330 g/mol. The fourth-order valence-electron chi connectivity index (χ4n) is 2.16. The van der Waals surface area contributed by atoms with E-state index in [1.54, 1.807) is 24.0 Å². The maximum absolute atomic E-state index is 13.3. The molecule has 0 saturated heterocycles. The van der Waals surface area contributed by atoms with Crippen molar-refractivity contribution < 1.29 is 13.6 Å². The molecule has 0 spiro atoms. The molecule has 24 heavy (non-hydrogen) atoms. The maximum Gasteiger partial charge on any atom is 0.240 e. The molecule has 0 bridgehead atoms. The third kappa shape index (κ3) is 4.56. The molecule has 0 radical (unpaired) electrons. The molecule has 0 aliphatic carbocycles. The molecule has 124 valence electrons. The van der Waals surface area contributed by atoms with Gasteiger partial charge in [0.1, 0.15) is 0 Å². The van der Waals surface area contributed by atoms with E-state index in [4.69, 9.17) is 5.26 Å². The van der Waals surface area contributed by atoms with Crippen LogP contribution in [-0.4, -0.2) is 17.7 Å². The highest BCUT2D eigenvalue weighted by atomic mass is 32.2. The summed E-state index contributed by atoms with van der Waals surface area (Å²) in [4.78, 5) is 14.8. The Morgan fingerprint density at radius 1 is 1.21 bits per heavy atom. The zero-order valence-corrected chi connectivity index (χ0v) is 13.9. The average molecular weight is 346 g/mol. The molecule has 0 aliphatic rings. The standard InChI is InChI=1S/C18H16F2N2OS/c1-13(24-15-8-9-16(19)17(20)12-15)18(23)22(11-5-10-21)14-6-3-2-4-7-14/h2-4,6-9,12-13H,5,11H2,1H3/t13-/m0/s1. The number of benzene rings is 2. The zero-order chi connectivity index (χ0) is 17.5. The van der Waals surface area contributed by atoms with E-state index in [1.165, 1.54) is 6.07 Å². The Hall–Kier alpha value is -2.39. The summed E-state index contributed by atoms with van der Waals surface area (Å²) in [5, 5.41) is 8.30. The van der Waals surface area contributed by atoms with Gasteiger partial charge in [0.05, 0.1) is 17.7 Å². The molecule has 0 saturated carbocycles. The molecular formula is C18H16F2N2OS. The van der Waals surface area contributed by atoms with Gasteiger partial charge in [-0.15, -0.1) is 11.8 Å². The van der Waals surface area contributed by atoms with Crippen LogP contribution in [0.5, 0.6) is 0 Å². The van der Waals surface area contributed by atoms with Crippen LogP contribution in [0.15, 0.2) is 53.4 Å². The number of amides is 1. The van der Waals surface area contributed by atoms with Crippen LogP contribution in [0, 0.1) is 23.0 Å². The van der Waals surface area contributed by atoms with Crippen molar-refractivity contribution >= 4 is 23.4 Å². The molecule has 0 N–H and O–H groups in total. The SMILES string of the molecule is C[C@H](Sc1ccc(F)c(F)c1)C(=O)N(CCC#N)c1ccccc1. The molecule has 6 heteroatoms. The summed E-state index contributed by atoms with van der Waals surface area (Å²) in [7, 11) is 0. The van der Waals surface area contributed by atoms with Crippen LogP contribution in [0.1, 0.15) is 13.3 Å². The van der Waals surface area contributed by atoms with E-state index in [0.717, 1.165) is 23.9 Å². The Kier molecular flexibility index (Phi) is 6.33. The largest absolute Gasteiger partial charge is 0.310 e. The van der Waals surface area contributed by atoms with Gasteiger partial charge in [-0.25, -0.2) is 8.78 Å². The lowest BCUT2D eigenvalue weighted by atomic mass is 10.2. The summed E-state index contributed by atoms with van der Waals surface area (Å²) in [6.45, 7) is 1.98. The van der Waals surface area contributed by atoms with Gasteiger partial charge in [0.2, 0.25) is 5.91 Å². The topological polar surface area (TPSA) is 44.1 Å². The lowest BCUT2D eigenvalue weighted by Crippen LogP contribution is -2.37. The van der Waals surface area contributed by atoms with Gasteiger partial charge < -0.3 is 4.90 Å². The van der Waals surface area contributed by atoms with Gasteiger partial charge in [-0.3, -0.25) is 4.79 Å². The average Bonchev–Trinajstić information content (AvgIpc) is 2.59. The predicted octanol–water partition coefficient (Wildman–Crippen LogP) is 4.39. The minimum absolute atomic E-state index is 0.189. The Bertz CT molecular complexity index is 746. The van der Waals surface area contributed by atoms with Gasteiger partial charge in [-0.2, -0.15) is 5.26 Å². The fourth-order valence-corrected chi connectivity index (χ4v) is 3.11. The number of nitriles is 1. The van der Waals surface area contributed by atoms with E-state index in [9.17, 15) is 13.6 Å². The van der Waals surface area contributed by atoms with Crippen LogP contribution in [-0.2, 0) is 4.79 Å². The number of hydrogen-bond donors (Lipinski definition) is 0. The van der Waals surface area contributed by atoms with Crippen molar-refractivity contribution in [2.24, 2.45) is 0 Å². The quantitative estimate of drug-likeness (QED) is 0.729. The van der Waals surface area contributed by atoms with E-state index in [1.807, 2.05) is 24.3 Å². The second-order valence-corrected chi connectivity index (χ2v) is 6.48. The minimum Gasteiger partial charge on any atom is -0.310 e. The second kappa shape index (κ2) is 8.46. The molecule has 2 aromatic carbocycles. The Morgan fingerprint density at radius 2 is 1.92 bits per heavy atom. The molecule has 3 nitrogen and oxygen atoms in total. The molecule has 0 aliphatic heterocycles. The molecule has 1 amide bonds. The van der Waals surface area contributed by atoms with Gasteiger partial charge in [-0.1, -0.05) is 18.2 Å². The first kappa shape index (κ1) is 18.0. The van der Waals surface area contributed by atoms with Crippen LogP contribution >= 0.6 is 11.8 Å². The number of para-hydroxylation sites is 1. The second-order valence-electron chi connectivity index (χ2n) is 5.07. The molecule has 0 heterocycles. The monoisotopic (exact) mass is 346 g/mol. The molecule has 1 atom stereocenters. The van der Waals surface area contributed by atoms with Crippen molar-refractivity contribution in [3.8, 4) is 6.07 Å². The lowest BCUT2D eigenvalue weighted by molar-refractivity contribution is -0.117. The zero-order valence-electron chi connectivity index (χ0n) is 13.1. The van der Waals surface area contributed by atoms with E-state index < -0.39 is 16.9 Å². The summed E-state index contributed by atoms with van der Waals surface area (Å²) < 4.78 is 26.3. The molecule has 0 aromatic heterocycles. The fraction of sp³-hybridized carbons (Fsp3) is 0.222. The minimum atomic E-state index is -0.941. The summed E-state index contributed by atoms with van der Waals surface area (Å²) in [5.74, 6) is -2.05. The lowest BCUT2D eigenvalue weighted by Gasteiger charge is -2.25. The van der Waals surface area contributed by atoms with Crippen LogP contribution < -0.4 is 4.90 Å². The van der Waals surface area contributed by atoms with Crippen LogP contribution in [0.3, 0.4) is 0 Å². The molecule has 2 aromatic rings. The van der Waals surface area contributed by atoms with E-state index in [2.05, 4.69) is 0 Å². The number of rotatable bonds is 6. The number of thioether (sulfide) groups is 1. The van der Waals surface area contributed by atoms with Crippen LogP contribution in [0.4, 0.5) is 14.5 Å². The first-order valence-corrected chi connectivity index (χ1v) is 8.26. The highest BCUT2D eigenvalue weighted by Crippen LogP contribution is 2.27. The number of hydrogen-bond acceptors (Lipinski definition) is 3. The highest BCUT2D eigenvalue weighted by molar-refractivity contribution is 8.00. The normalized spacial score (nSPS) is 11.6. The number of nitrogens with zero attached hydrogens (tertiary/aromatic N) is 2. The summed E-state index contributed by atoms with van der Waals surface area (Å²) in [5.41, 5.74) is 0.704. The molecule has 0 unspecified atom stereocenters. The Morgan fingerprint density at radius 3 is 2.54 bits per heavy atom. The summed E-state index contributed by atoms with van der Waals surface area (Å²) >= 11 is 1.15. The molecule has 2 rings (SSSR count). The summed E-state index contributed by atoms with van der Waals surface area (Å²) in [6.07, 6.45) is 0.212. The number of carbonyl (C=O) groups is 1. The van der Waals surface area contributed by atoms with Crippen molar-refractivity contribution in [3.05, 3.63) is 60.2 Å². The number of carbonyl (C=O) groups excluding carboxylic acids is 1. The number of anilines is 1. The predicted molar refractivity (Wildman–Crippen MR) is 90.7 cm³/mol. The van der Waals surface area contributed by atoms with E-state index in [0.29, 0.717) is 10.6 Å². The van der Waals surface area contributed by atoms with Crippen molar-refractivity contribution in [3.63, 3.8) is 0 Å². The van der Waals surface area contributed by atoms with Crippen molar-refractivity contribution in [2.45, 2.75) is 23.5 Å². The van der Waals surface area contributed by atoms with Gasteiger partial charge in [0.25, 0.3) is 0 Å². The first-order chi connectivity index (χ1) is 11.5.